The van der Waals surface area contributed by atoms with E-state index in [1.54, 1.807) is 7.11 Å². The van der Waals surface area contributed by atoms with Crippen molar-refractivity contribution in [1.29, 1.82) is 0 Å². The van der Waals surface area contributed by atoms with Crippen molar-refractivity contribution in [2.24, 2.45) is 17.8 Å². The number of fused-ring (bicyclic) bond motifs is 1. The summed E-state index contributed by atoms with van der Waals surface area (Å²) in [6.45, 7) is 0. The van der Waals surface area contributed by atoms with E-state index in [0.29, 0.717) is 18.1 Å². The molecule has 1 aromatic carbocycles. The van der Waals surface area contributed by atoms with Crippen molar-refractivity contribution >= 4 is 21.7 Å². The number of rotatable bonds is 4. The molecule has 0 aliphatic heterocycles. The number of carbonyl (C=O) groups is 1. The molecule has 0 spiro atoms. The molecule has 2 saturated carbocycles. The summed E-state index contributed by atoms with van der Waals surface area (Å²) in [5.41, 5.74) is 0.998. The number of ketones is 1. The lowest BCUT2D eigenvalue weighted by molar-refractivity contribution is -0.122. The van der Waals surface area contributed by atoms with Crippen molar-refractivity contribution in [1.82, 2.24) is 0 Å². The van der Waals surface area contributed by atoms with Gasteiger partial charge in [0, 0.05) is 22.4 Å². The summed E-state index contributed by atoms with van der Waals surface area (Å²) in [5.74, 6) is 3.23. The van der Waals surface area contributed by atoms with Gasteiger partial charge < -0.3 is 4.74 Å². The Balaban J connectivity index is 1.71. The molecule has 0 bridgehead atoms. The Kier molecular flexibility index (Phi) is 3.18. The number of benzene rings is 1. The van der Waals surface area contributed by atoms with Crippen LogP contribution in [0.4, 0.5) is 0 Å². The zero-order chi connectivity index (χ0) is 12.7. The van der Waals surface area contributed by atoms with E-state index < -0.39 is 0 Å². The normalized spacial score (nSPS) is 28.9. The molecule has 2 atom stereocenters. The van der Waals surface area contributed by atoms with Gasteiger partial charge in [-0.05, 0) is 49.3 Å². The van der Waals surface area contributed by atoms with E-state index in [2.05, 4.69) is 15.9 Å². The number of Topliss-reactive ketones (excluding diaryl/α,β-unsaturated/α-hetero) is 1. The predicted molar refractivity (Wildman–Crippen MR) is 73.7 cm³/mol. The van der Waals surface area contributed by atoms with Crippen LogP contribution in [0.2, 0.25) is 0 Å². The summed E-state index contributed by atoms with van der Waals surface area (Å²) in [5, 5.41) is 0. The molecule has 3 rings (SSSR count). The highest BCUT2D eigenvalue weighted by Crippen LogP contribution is 2.54. The maximum atomic E-state index is 12.3. The first kappa shape index (κ1) is 12.2. The Labute approximate surface area is 116 Å². The van der Waals surface area contributed by atoms with Gasteiger partial charge in [-0.2, -0.15) is 0 Å². The fourth-order valence-corrected chi connectivity index (χ4v) is 3.60. The smallest absolute Gasteiger partial charge is 0.140 e. The van der Waals surface area contributed by atoms with E-state index in [1.807, 2.05) is 18.2 Å². The summed E-state index contributed by atoms with van der Waals surface area (Å²) in [4.78, 5) is 12.3. The van der Waals surface area contributed by atoms with Gasteiger partial charge in [-0.1, -0.05) is 15.9 Å². The summed E-state index contributed by atoms with van der Waals surface area (Å²) >= 11 is 3.45. The molecule has 2 unspecified atom stereocenters. The number of halogens is 1. The Morgan fingerprint density at radius 3 is 2.72 bits per heavy atom. The van der Waals surface area contributed by atoms with Crippen molar-refractivity contribution in [3.63, 3.8) is 0 Å². The standard InChI is InChI=1S/C15H17BrO2/c1-18-15-3-2-13(16)7-12(15)8-14(17)11-5-9-4-10(9)6-11/h2-3,7,9-11H,4-6,8H2,1H3. The number of methoxy groups -OCH3 is 1. The monoisotopic (exact) mass is 308 g/mol. The first-order valence-corrected chi connectivity index (χ1v) is 7.32. The van der Waals surface area contributed by atoms with E-state index in [9.17, 15) is 4.79 Å². The van der Waals surface area contributed by atoms with Crippen molar-refractivity contribution in [3.05, 3.63) is 28.2 Å². The van der Waals surface area contributed by atoms with Gasteiger partial charge >= 0.3 is 0 Å². The molecule has 0 amide bonds. The lowest BCUT2D eigenvalue weighted by Crippen LogP contribution is -2.15. The van der Waals surface area contributed by atoms with E-state index in [-0.39, 0.29) is 0 Å². The second-order valence-corrected chi connectivity index (χ2v) is 6.44. The first-order valence-electron chi connectivity index (χ1n) is 6.52. The average molecular weight is 309 g/mol. The second-order valence-electron chi connectivity index (χ2n) is 5.52. The molecule has 96 valence electrons. The van der Waals surface area contributed by atoms with Crippen LogP contribution >= 0.6 is 15.9 Å². The molecular formula is C15H17BrO2. The SMILES string of the molecule is COc1ccc(Br)cc1CC(=O)C1CC2CC2C1. The minimum absolute atomic E-state index is 0.303. The molecule has 3 heteroatoms. The van der Waals surface area contributed by atoms with Gasteiger partial charge in [-0.15, -0.1) is 0 Å². The summed E-state index contributed by atoms with van der Waals surface area (Å²) in [6, 6.07) is 5.85. The van der Waals surface area contributed by atoms with Crippen LogP contribution in [0.15, 0.2) is 22.7 Å². The van der Waals surface area contributed by atoms with Crippen LogP contribution in [-0.2, 0) is 11.2 Å². The predicted octanol–water partition coefficient (Wildman–Crippen LogP) is 3.62. The van der Waals surface area contributed by atoms with Gasteiger partial charge in [0.05, 0.1) is 7.11 Å². The highest BCUT2D eigenvalue weighted by atomic mass is 79.9. The third kappa shape index (κ3) is 2.33. The number of hydrogen-bond donors (Lipinski definition) is 0. The molecule has 2 aliphatic carbocycles. The van der Waals surface area contributed by atoms with Gasteiger partial charge in [0.15, 0.2) is 0 Å². The Morgan fingerprint density at radius 2 is 2.06 bits per heavy atom. The van der Waals surface area contributed by atoms with Gasteiger partial charge in [0.25, 0.3) is 0 Å². The topological polar surface area (TPSA) is 26.3 Å². The van der Waals surface area contributed by atoms with Crippen molar-refractivity contribution < 1.29 is 9.53 Å². The molecule has 1 aromatic rings. The number of carbonyl (C=O) groups excluding carboxylic acids is 1. The van der Waals surface area contributed by atoms with Gasteiger partial charge in [0.1, 0.15) is 11.5 Å². The number of ether oxygens (including phenoxy) is 1. The van der Waals surface area contributed by atoms with Gasteiger partial charge in [-0.25, -0.2) is 0 Å². The number of hydrogen-bond acceptors (Lipinski definition) is 2. The molecule has 0 radical (unpaired) electrons. The van der Waals surface area contributed by atoms with E-state index in [1.165, 1.54) is 6.42 Å². The lowest BCUT2D eigenvalue weighted by atomic mass is 9.93. The third-order valence-electron chi connectivity index (χ3n) is 4.31. The molecule has 0 saturated heterocycles. The largest absolute Gasteiger partial charge is 0.496 e. The van der Waals surface area contributed by atoms with Crippen LogP contribution in [-0.4, -0.2) is 12.9 Å². The maximum Gasteiger partial charge on any atom is 0.140 e. The highest BCUT2D eigenvalue weighted by Gasteiger charge is 2.47. The van der Waals surface area contributed by atoms with Gasteiger partial charge in [0.2, 0.25) is 0 Å². The van der Waals surface area contributed by atoms with E-state index in [0.717, 1.165) is 40.5 Å². The van der Waals surface area contributed by atoms with E-state index in [4.69, 9.17) is 4.74 Å². The van der Waals surface area contributed by atoms with Crippen molar-refractivity contribution in [2.75, 3.05) is 7.11 Å². The molecular weight excluding hydrogens is 292 g/mol. The van der Waals surface area contributed by atoms with Crippen molar-refractivity contribution in [2.45, 2.75) is 25.7 Å². The maximum absolute atomic E-state index is 12.3. The van der Waals surface area contributed by atoms with E-state index >= 15 is 0 Å². The quantitative estimate of drug-likeness (QED) is 0.849. The summed E-state index contributed by atoms with van der Waals surface area (Å²) in [6.07, 6.45) is 4.12. The second kappa shape index (κ2) is 4.69. The molecule has 0 aromatic heterocycles. The highest BCUT2D eigenvalue weighted by molar-refractivity contribution is 9.10. The summed E-state index contributed by atoms with van der Waals surface area (Å²) < 4.78 is 6.32. The molecule has 0 heterocycles. The Bertz CT molecular complexity index is 473. The Hall–Kier alpha value is -0.830. The third-order valence-corrected chi connectivity index (χ3v) is 4.80. The van der Waals surface area contributed by atoms with Crippen LogP contribution in [0, 0.1) is 17.8 Å². The minimum Gasteiger partial charge on any atom is -0.496 e. The van der Waals surface area contributed by atoms with Crippen LogP contribution in [0.1, 0.15) is 24.8 Å². The van der Waals surface area contributed by atoms with Crippen molar-refractivity contribution in [3.8, 4) is 5.75 Å². The van der Waals surface area contributed by atoms with Crippen LogP contribution in [0.3, 0.4) is 0 Å². The fraction of sp³-hybridized carbons (Fsp3) is 0.533. The average Bonchev–Trinajstić information content (AvgIpc) is 2.96. The zero-order valence-electron chi connectivity index (χ0n) is 10.5. The zero-order valence-corrected chi connectivity index (χ0v) is 12.1. The molecule has 0 N–H and O–H groups in total. The fourth-order valence-electron chi connectivity index (χ4n) is 3.20. The molecule has 2 nitrogen and oxygen atoms in total. The lowest BCUT2D eigenvalue weighted by Gasteiger charge is -2.13. The summed E-state index contributed by atoms with van der Waals surface area (Å²) in [7, 11) is 1.65. The molecule has 18 heavy (non-hydrogen) atoms. The first-order chi connectivity index (χ1) is 8.67. The minimum atomic E-state index is 0.303. The van der Waals surface area contributed by atoms with Crippen LogP contribution < -0.4 is 4.74 Å². The molecule has 2 aliphatic rings. The van der Waals surface area contributed by atoms with Crippen LogP contribution in [0.25, 0.3) is 0 Å². The Morgan fingerprint density at radius 1 is 1.33 bits per heavy atom. The van der Waals surface area contributed by atoms with Gasteiger partial charge in [-0.3, -0.25) is 4.79 Å². The van der Waals surface area contributed by atoms with Crippen LogP contribution in [0.5, 0.6) is 5.75 Å². The molecule has 2 fully saturated rings.